The van der Waals surface area contributed by atoms with Gasteiger partial charge in [-0.05, 0) is 67.2 Å². The van der Waals surface area contributed by atoms with Gasteiger partial charge in [0.25, 0.3) is 0 Å². The Kier molecular flexibility index (Phi) is 5.18. The highest BCUT2D eigenvalue weighted by atomic mass is 16.5. The van der Waals surface area contributed by atoms with E-state index in [2.05, 4.69) is 50.9 Å². The molecule has 3 aromatic rings. The zero-order chi connectivity index (χ0) is 23.2. The SMILES string of the molecule is COc1ncnc(-c2ccc(-c3ccc(N(C)C4C[C@]5(C)CC[C@](C)(C4)C5)nn3)c(O)c2)n1. The van der Waals surface area contributed by atoms with E-state index in [1.165, 1.54) is 45.5 Å². The minimum absolute atomic E-state index is 0.0898. The molecule has 0 radical (unpaired) electrons. The van der Waals surface area contributed by atoms with E-state index in [0.29, 0.717) is 39.5 Å². The fourth-order valence-corrected chi connectivity index (χ4v) is 5.89. The number of benzene rings is 1. The molecule has 1 N–H and O–H groups in total. The zero-order valence-electron chi connectivity index (χ0n) is 19.6. The number of nitrogens with zero attached hydrogens (tertiary/aromatic N) is 6. The Bertz CT molecular complexity index is 1150. The second kappa shape index (κ2) is 7.93. The molecule has 0 saturated heterocycles. The van der Waals surface area contributed by atoms with Crippen molar-refractivity contribution in [2.45, 2.75) is 52.0 Å². The number of phenolic OH excluding ortho intramolecular Hbond substituents is 1. The van der Waals surface area contributed by atoms with Crippen LogP contribution >= 0.6 is 0 Å². The van der Waals surface area contributed by atoms with Crippen LogP contribution in [0.5, 0.6) is 11.8 Å². The molecule has 2 aromatic heterocycles. The molecule has 1 aromatic carbocycles. The Morgan fingerprint density at radius 1 is 1.03 bits per heavy atom. The maximum absolute atomic E-state index is 10.7. The molecule has 1 unspecified atom stereocenters. The van der Waals surface area contributed by atoms with Gasteiger partial charge in [0.15, 0.2) is 11.6 Å². The molecular formula is C25H30N6O2. The molecule has 3 atom stereocenters. The molecule has 2 bridgehead atoms. The summed E-state index contributed by atoms with van der Waals surface area (Å²) in [5.74, 6) is 1.38. The quantitative estimate of drug-likeness (QED) is 0.612. The van der Waals surface area contributed by atoms with E-state index in [1.54, 1.807) is 12.1 Å². The maximum Gasteiger partial charge on any atom is 0.319 e. The third-order valence-corrected chi connectivity index (χ3v) is 7.47. The second-order valence-corrected chi connectivity index (χ2v) is 10.3. The third kappa shape index (κ3) is 4.10. The van der Waals surface area contributed by atoms with E-state index in [9.17, 15) is 5.11 Å². The molecule has 0 amide bonds. The molecule has 2 heterocycles. The molecule has 5 rings (SSSR count). The zero-order valence-corrected chi connectivity index (χ0v) is 19.6. The maximum atomic E-state index is 10.7. The first-order valence-corrected chi connectivity index (χ1v) is 11.4. The molecular weight excluding hydrogens is 416 g/mol. The largest absolute Gasteiger partial charge is 0.507 e. The Morgan fingerprint density at radius 2 is 1.79 bits per heavy atom. The summed E-state index contributed by atoms with van der Waals surface area (Å²) in [6.45, 7) is 4.87. The highest BCUT2D eigenvalue weighted by molar-refractivity contribution is 5.72. The topological polar surface area (TPSA) is 97.2 Å². The highest BCUT2D eigenvalue weighted by Gasteiger charge is 2.49. The van der Waals surface area contributed by atoms with Gasteiger partial charge in [-0.3, -0.25) is 0 Å². The number of aromatic hydroxyl groups is 1. The summed E-state index contributed by atoms with van der Waals surface area (Å²) in [4.78, 5) is 14.6. The summed E-state index contributed by atoms with van der Waals surface area (Å²) in [5, 5.41) is 19.6. The van der Waals surface area contributed by atoms with Crippen LogP contribution in [0.3, 0.4) is 0 Å². The van der Waals surface area contributed by atoms with Crippen molar-refractivity contribution < 1.29 is 9.84 Å². The highest BCUT2D eigenvalue weighted by Crippen LogP contribution is 2.58. The van der Waals surface area contributed by atoms with Crippen molar-refractivity contribution in [1.82, 2.24) is 25.1 Å². The smallest absolute Gasteiger partial charge is 0.319 e. The number of phenols is 1. The van der Waals surface area contributed by atoms with E-state index < -0.39 is 0 Å². The van der Waals surface area contributed by atoms with Gasteiger partial charge in [0.1, 0.15) is 12.1 Å². The Labute approximate surface area is 194 Å². The van der Waals surface area contributed by atoms with Crippen LogP contribution in [0.1, 0.15) is 46.0 Å². The summed E-state index contributed by atoms with van der Waals surface area (Å²) < 4.78 is 5.05. The molecule has 2 aliphatic carbocycles. The molecule has 33 heavy (non-hydrogen) atoms. The van der Waals surface area contributed by atoms with Crippen LogP contribution in [0, 0.1) is 10.8 Å². The van der Waals surface area contributed by atoms with E-state index in [-0.39, 0.29) is 11.8 Å². The van der Waals surface area contributed by atoms with E-state index in [4.69, 9.17) is 4.74 Å². The molecule has 2 fully saturated rings. The number of hydrogen-bond donors (Lipinski definition) is 1. The number of hydrogen-bond acceptors (Lipinski definition) is 8. The Balaban J connectivity index is 1.35. The minimum atomic E-state index is 0.0898. The van der Waals surface area contributed by atoms with Gasteiger partial charge >= 0.3 is 6.01 Å². The Hall–Kier alpha value is -3.29. The molecule has 172 valence electrons. The van der Waals surface area contributed by atoms with E-state index in [0.717, 1.165) is 5.82 Å². The molecule has 2 aliphatic rings. The number of methoxy groups -OCH3 is 1. The number of fused-ring (bicyclic) bond motifs is 2. The summed E-state index contributed by atoms with van der Waals surface area (Å²) in [6, 6.07) is 9.86. The molecule has 2 saturated carbocycles. The van der Waals surface area contributed by atoms with Gasteiger partial charge in [-0.1, -0.05) is 19.9 Å². The van der Waals surface area contributed by atoms with E-state index >= 15 is 0 Å². The lowest BCUT2D eigenvalue weighted by Gasteiger charge is -2.44. The summed E-state index contributed by atoms with van der Waals surface area (Å²) >= 11 is 0. The van der Waals surface area contributed by atoms with Crippen molar-refractivity contribution in [2.75, 3.05) is 19.1 Å². The lowest BCUT2D eigenvalue weighted by atomic mass is 9.68. The molecule has 0 spiro atoms. The van der Waals surface area contributed by atoms with Crippen LogP contribution in [-0.4, -0.2) is 50.5 Å². The standard InChI is InChI=1S/C25H30N6O2/c1-24-9-10-25(2,14-24)13-17(12-24)31(3)21-8-7-19(29-30-21)18-6-5-16(11-20(18)32)22-26-15-27-23(28-22)33-4/h5-8,11,15,17,32H,9-10,12-14H2,1-4H3/t17?,24-,25+. The normalized spacial score (nSPS) is 26.2. The van der Waals surface area contributed by atoms with Crippen LogP contribution in [-0.2, 0) is 0 Å². The summed E-state index contributed by atoms with van der Waals surface area (Å²) in [5.41, 5.74) is 2.77. The van der Waals surface area contributed by atoms with Gasteiger partial charge in [0.2, 0.25) is 0 Å². The second-order valence-electron chi connectivity index (χ2n) is 10.3. The van der Waals surface area contributed by atoms with Crippen molar-refractivity contribution in [1.29, 1.82) is 0 Å². The van der Waals surface area contributed by atoms with Gasteiger partial charge in [0.05, 0.1) is 12.8 Å². The lowest BCUT2D eigenvalue weighted by molar-refractivity contribution is 0.148. The van der Waals surface area contributed by atoms with Gasteiger partial charge in [-0.25, -0.2) is 4.98 Å². The number of anilines is 1. The van der Waals surface area contributed by atoms with Crippen LogP contribution in [0.2, 0.25) is 0 Å². The van der Waals surface area contributed by atoms with Crippen molar-refractivity contribution >= 4 is 5.82 Å². The van der Waals surface area contributed by atoms with Gasteiger partial charge in [-0.2, -0.15) is 9.97 Å². The predicted molar refractivity (Wildman–Crippen MR) is 126 cm³/mol. The first-order chi connectivity index (χ1) is 15.8. The molecule has 8 heteroatoms. The number of aromatic nitrogens is 5. The summed E-state index contributed by atoms with van der Waals surface area (Å²) in [6.07, 6.45) is 7.77. The van der Waals surface area contributed by atoms with Crippen LogP contribution < -0.4 is 9.64 Å². The van der Waals surface area contributed by atoms with Gasteiger partial charge in [0, 0.05) is 24.2 Å². The molecule has 8 nitrogen and oxygen atoms in total. The fourth-order valence-electron chi connectivity index (χ4n) is 5.89. The fraction of sp³-hybridized carbons (Fsp3) is 0.480. The third-order valence-electron chi connectivity index (χ3n) is 7.47. The average molecular weight is 447 g/mol. The minimum Gasteiger partial charge on any atom is -0.507 e. The number of ether oxygens (including phenoxy) is 1. The van der Waals surface area contributed by atoms with Gasteiger partial charge in [-0.15, -0.1) is 10.2 Å². The Morgan fingerprint density at radius 3 is 2.42 bits per heavy atom. The first-order valence-electron chi connectivity index (χ1n) is 11.4. The van der Waals surface area contributed by atoms with Crippen molar-refractivity contribution in [3.8, 4) is 34.4 Å². The average Bonchev–Trinajstić information content (AvgIpc) is 3.05. The van der Waals surface area contributed by atoms with Crippen LogP contribution in [0.25, 0.3) is 22.6 Å². The van der Waals surface area contributed by atoms with E-state index in [1.807, 2.05) is 18.2 Å². The predicted octanol–water partition coefficient (Wildman–Crippen LogP) is 4.50. The summed E-state index contributed by atoms with van der Waals surface area (Å²) in [7, 11) is 3.62. The van der Waals surface area contributed by atoms with Crippen LogP contribution in [0.4, 0.5) is 5.82 Å². The lowest BCUT2D eigenvalue weighted by Crippen LogP contribution is -2.42. The van der Waals surface area contributed by atoms with Crippen molar-refractivity contribution in [3.63, 3.8) is 0 Å². The first kappa shape index (κ1) is 21.6. The van der Waals surface area contributed by atoms with Crippen LogP contribution in [0.15, 0.2) is 36.7 Å². The van der Waals surface area contributed by atoms with Crippen molar-refractivity contribution in [3.05, 3.63) is 36.7 Å². The van der Waals surface area contributed by atoms with Crippen molar-refractivity contribution in [2.24, 2.45) is 10.8 Å². The van der Waals surface area contributed by atoms with Gasteiger partial charge < -0.3 is 14.7 Å². The number of rotatable bonds is 5. The monoisotopic (exact) mass is 446 g/mol. The molecule has 0 aliphatic heterocycles.